The molecule has 0 spiro atoms. The van der Waals surface area contributed by atoms with E-state index in [9.17, 15) is 19.7 Å². The van der Waals surface area contributed by atoms with E-state index in [4.69, 9.17) is 9.84 Å². The lowest BCUT2D eigenvalue weighted by Crippen LogP contribution is -2.47. The summed E-state index contributed by atoms with van der Waals surface area (Å²) >= 11 is 1.59. The molecule has 0 aliphatic carbocycles. The number of nitro groups is 1. The molecule has 0 aromatic heterocycles. The first-order valence-electron chi connectivity index (χ1n) is 7.28. The van der Waals surface area contributed by atoms with E-state index < -0.39 is 22.8 Å². The van der Waals surface area contributed by atoms with E-state index in [2.05, 4.69) is 0 Å². The van der Waals surface area contributed by atoms with Crippen LogP contribution in [-0.2, 0) is 4.79 Å². The number of carboxylic acids is 1. The maximum Gasteiger partial charge on any atom is 0.305 e. The Morgan fingerprint density at radius 3 is 2.79 bits per heavy atom. The van der Waals surface area contributed by atoms with E-state index in [1.54, 1.807) is 18.7 Å². The number of hydrogen-bond donors (Lipinski definition) is 1. The SMILES string of the molecule is COc1cc(C(=O)N2CCSCC2CC(=O)O)cc([N+](=O)[O-])c1C. The van der Waals surface area contributed by atoms with E-state index >= 15 is 0 Å². The lowest BCUT2D eigenvalue weighted by molar-refractivity contribution is -0.385. The zero-order chi connectivity index (χ0) is 17.9. The van der Waals surface area contributed by atoms with Crippen LogP contribution in [0, 0.1) is 17.0 Å². The fraction of sp³-hybridized carbons (Fsp3) is 0.467. The molecule has 1 atom stereocenters. The van der Waals surface area contributed by atoms with Crippen LogP contribution in [0.3, 0.4) is 0 Å². The van der Waals surface area contributed by atoms with Crippen LogP contribution in [0.5, 0.6) is 5.75 Å². The average Bonchev–Trinajstić information content (AvgIpc) is 2.54. The van der Waals surface area contributed by atoms with Gasteiger partial charge in [0.15, 0.2) is 0 Å². The zero-order valence-corrected chi connectivity index (χ0v) is 14.2. The Balaban J connectivity index is 2.38. The van der Waals surface area contributed by atoms with Crippen molar-refractivity contribution in [1.82, 2.24) is 4.90 Å². The van der Waals surface area contributed by atoms with Gasteiger partial charge >= 0.3 is 5.97 Å². The van der Waals surface area contributed by atoms with Gasteiger partial charge in [-0.15, -0.1) is 0 Å². The summed E-state index contributed by atoms with van der Waals surface area (Å²) in [6, 6.07) is 2.25. The largest absolute Gasteiger partial charge is 0.496 e. The van der Waals surface area contributed by atoms with Crippen LogP contribution in [0.4, 0.5) is 5.69 Å². The molecule has 1 aromatic carbocycles. The molecule has 1 N–H and O–H groups in total. The molecule has 9 heteroatoms. The summed E-state index contributed by atoms with van der Waals surface area (Å²) in [5, 5.41) is 20.2. The Morgan fingerprint density at radius 1 is 1.50 bits per heavy atom. The Kier molecular flexibility index (Phi) is 5.66. The van der Waals surface area contributed by atoms with E-state index in [1.165, 1.54) is 24.1 Å². The Morgan fingerprint density at radius 2 is 2.21 bits per heavy atom. The average molecular weight is 354 g/mol. The Bertz CT molecular complexity index is 678. The molecule has 0 radical (unpaired) electrons. The number of benzene rings is 1. The minimum Gasteiger partial charge on any atom is -0.496 e. The Hall–Kier alpha value is -2.29. The fourth-order valence-corrected chi connectivity index (χ4v) is 3.72. The van der Waals surface area contributed by atoms with Crippen molar-refractivity contribution in [2.24, 2.45) is 0 Å². The zero-order valence-electron chi connectivity index (χ0n) is 13.4. The highest BCUT2D eigenvalue weighted by molar-refractivity contribution is 7.99. The van der Waals surface area contributed by atoms with Crippen molar-refractivity contribution in [3.63, 3.8) is 0 Å². The lowest BCUT2D eigenvalue weighted by atomic mass is 10.1. The van der Waals surface area contributed by atoms with Crippen molar-refractivity contribution in [1.29, 1.82) is 0 Å². The summed E-state index contributed by atoms with van der Waals surface area (Å²) in [7, 11) is 1.38. The van der Waals surface area contributed by atoms with E-state index in [0.717, 1.165) is 0 Å². The maximum absolute atomic E-state index is 12.8. The molecule has 8 nitrogen and oxygen atoms in total. The highest BCUT2D eigenvalue weighted by atomic mass is 32.2. The van der Waals surface area contributed by atoms with Crippen LogP contribution in [0.15, 0.2) is 12.1 Å². The van der Waals surface area contributed by atoms with Crippen LogP contribution in [0.25, 0.3) is 0 Å². The van der Waals surface area contributed by atoms with Crippen molar-refractivity contribution in [2.45, 2.75) is 19.4 Å². The molecule has 1 unspecified atom stereocenters. The number of carbonyl (C=O) groups excluding carboxylic acids is 1. The molecular weight excluding hydrogens is 336 g/mol. The summed E-state index contributed by atoms with van der Waals surface area (Å²) in [6.45, 7) is 1.96. The first kappa shape index (κ1) is 18.1. The van der Waals surface area contributed by atoms with Gasteiger partial charge in [0.1, 0.15) is 5.75 Å². The smallest absolute Gasteiger partial charge is 0.305 e. The van der Waals surface area contributed by atoms with E-state index in [1.807, 2.05) is 0 Å². The molecule has 1 fully saturated rings. The number of ether oxygens (including phenoxy) is 1. The van der Waals surface area contributed by atoms with Crippen LogP contribution in [0.2, 0.25) is 0 Å². The van der Waals surface area contributed by atoms with Gasteiger partial charge in [-0.25, -0.2) is 0 Å². The lowest BCUT2D eigenvalue weighted by Gasteiger charge is -2.34. The number of carbonyl (C=O) groups is 2. The van der Waals surface area contributed by atoms with Crippen LogP contribution in [0.1, 0.15) is 22.3 Å². The minimum atomic E-state index is -0.979. The summed E-state index contributed by atoms with van der Waals surface area (Å²) in [6.07, 6.45) is -0.149. The van der Waals surface area contributed by atoms with Gasteiger partial charge in [-0.1, -0.05) is 0 Å². The van der Waals surface area contributed by atoms with Crippen molar-refractivity contribution >= 4 is 29.3 Å². The molecule has 1 aliphatic rings. The fourth-order valence-electron chi connectivity index (χ4n) is 2.66. The standard InChI is InChI=1S/C15H18N2O6S/c1-9-12(17(21)22)5-10(6-13(9)23-2)15(20)16-3-4-24-8-11(16)7-14(18)19/h5-6,11H,3-4,7-8H2,1-2H3,(H,18,19). The predicted molar refractivity (Wildman–Crippen MR) is 88.8 cm³/mol. The van der Waals surface area contributed by atoms with Gasteiger partial charge in [0.2, 0.25) is 0 Å². The Labute approximate surface area is 142 Å². The first-order valence-corrected chi connectivity index (χ1v) is 8.44. The minimum absolute atomic E-state index is 0.131. The second-order valence-corrected chi connectivity index (χ2v) is 6.55. The summed E-state index contributed by atoms with van der Waals surface area (Å²) in [5.41, 5.74) is 0.278. The number of aliphatic carboxylic acids is 1. The molecule has 1 saturated heterocycles. The second kappa shape index (κ2) is 7.52. The number of nitro benzene ring substituents is 1. The molecular formula is C15H18N2O6S. The number of amides is 1. The number of carboxylic acid groups (broad SMARTS) is 1. The summed E-state index contributed by atoms with van der Waals surface area (Å²) in [5.74, 6) is 0.0974. The van der Waals surface area contributed by atoms with Crippen molar-refractivity contribution < 1.29 is 24.4 Å². The number of hydrogen-bond acceptors (Lipinski definition) is 6. The van der Waals surface area contributed by atoms with Gasteiger partial charge in [0.25, 0.3) is 11.6 Å². The van der Waals surface area contributed by atoms with Gasteiger partial charge in [-0.3, -0.25) is 19.7 Å². The first-order chi connectivity index (χ1) is 11.3. The molecule has 1 amide bonds. The van der Waals surface area contributed by atoms with Gasteiger partial charge in [0.05, 0.1) is 35.6 Å². The number of rotatable bonds is 5. The topological polar surface area (TPSA) is 110 Å². The quantitative estimate of drug-likeness (QED) is 0.635. The number of thioether (sulfide) groups is 1. The van der Waals surface area contributed by atoms with Gasteiger partial charge in [-0.2, -0.15) is 11.8 Å². The normalized spacial score (nSPS) is 17.4. The third-order valence-corrected chi connectivity index (χ3v) is 4.99. The van der Waals surface area contributed by atoms with Gasteiger partial charge in [0, 0.05) is 24.1 Å². The maximum atomic E-state index is 12.8. The second-order valence-electron chi connectivity index (χ2n) is 5.40. The van der Waals surface area contributed by atoms with Crippen LogP contribution >= 0.6 is 11.8 Å². The number of nitrogens with zero attached hydrogens (tertiary/aromatic N) is 2. The van der Waals surface area contributed by atoms with Crippen LogP contribution < -0.4 is 4.74 Å². The summed E-state index contributed by atoms with van der Waals surface area (Å²) < 4.78 is 5.13. The van der Waals surface area contributed by atoms with E-state index in [-0.39, 0.29) is 23.4 Å². The molecule has 0 saturated carbocycles. The highest BCUT2D eigenvalue weighted by Gasteiger charge is 2.31. The van der Waals surface area contributed by atoms with E-state index in [0.29, 0.717) is 23.6 Å². The third-order valence-electron chi connectivity index (χ3n) is 3.89. The van der Waals surface area contributed by atoms with Crippen molar-refractivity contribution in [2.75, 3.05) is 25.2 Å². The van der Waals surface area contributed by atoms with Crippen molar-refractivity contribution in [3.05, 3.63) is 33.4 Å². The highest BCUT2D eigenvalue weighted by Crippen LogP contribution is 2.31. The molecule has 0 bridgehead atoms. The molecule has 1 aromatic rings. The molecule has 130 valence electrons. The monoisotopic (exact) mass is 354 g/mol. The van der Waals surface area contributed by atoms with Crippen molar-refractivity contribution in [3.8, 4) is 5.75 Å². The molecule has 1 heterocycles. The van der Waals surface area contributed by atoms with Gasteiger partial charge < -0.3 is 14.7 Å². The molecule has 1 aliphatic heterocycles. The van der Waals surface area contributed by atoms with Crippen LogP contribution in [-0.4, -0.2) is 58.0 Å². The third kappa shape index (κ3) is 3.78. The van der Waals surface area contributed by atoms with Gasteiger partial charge in [-0.05, 0) is 13.0 Å². The number of methoxy groups -OCH3 is 1. The predicted octanol–water partition coefficient (Wildman–Crippen LogP) is 1.94. The molecule has 2 rings (SSSR count). The molecule has 24 heavy (non-hydrogen) atoms. The summed E-state index contributed by atoms with van der Waals surface area (Å²) in [4.78, 5) is 35.9.